The van der Waals surface area contributed by atoms with Crippen LogP contribution in [0.1, 0.15) is 18.9 Å². The molecule has 2 aromatic heterocycles. The Bertz CT molecular complexity index is 558. The number of carbonyl (C=O) groups excluding carboxylic acids is 1. The van der Waals surface area contributed by atoms with Crippen LogP contribution in [-0.4, -0.2) is 22.4 Å². The Morgan fingerprint density at radius 1 is 1.50 bits per heavy atom. The van der Waals surface area contributed by atoms with Crippen LogP contribution in [0.2, 0.25) is 0 Å². The van der Waals surface area contributed by atoms with E-state index < -0.39 is 0 Å². The van der Waals surface area contributed by atoms with Gasteiger partial charge in [-0.2, -0.15) is 0 Å². The zero-order valence-electron chi connectivity index (χ0n) is 9.16. The smallest absolute Gasteiger partial charge is 0.228 e. The number of aromatic nitrogens is 2. The Hall–Kier alpha value is -1.84. The Morgan fingerprint density at radius 2 is 2.38 bits per heavy atom. The number of hydrogen-bond acceptors (Lipinski definition) is 2. The van der Waals surface area contributed by atoms with Crippen molar-refractivity contribution in [3.8, 4) is 0 Å². The van der Waals surface area contributed by atoms with Crippen LogP contribution in [0, 0.1) is 0 Å². The second-order valence-corrected chi connectivity index (χ2v) is 4.01. The van der Waals surface area contributed by atoms with Gasteiger partial charge in [0, 0.05) is 30.7 Å². The molecule has 0 bridgehead atoms. The van der Waals surface area contributed by atoms with E-state index in [1.807, 2.05) is 19.2 Å². The molecule has 0 saturated heterocycles. The molecule has 0 aliphatic carbocycles. The molecule has 0 atom stereocenters. The van der Waals surface area contributed by atoms with Gasteiger partial charge in [0.25, 0.3) is 0 Å². The third-order valence-corrected chi connectivity index (χ3v) is 3.14. The monoisotopic (exact) mass is 215 g/mol. The van der Waals surface area contributed by atoms with Gasteiger partial charge in [-0.1, -0.05) is 0 Å². The molecule has 0 aromatic carbocycles. The number of rotatable bonds is 1. The average Bonchev–Trinajstić information content (AvgIpc) is 2.65. The third kappa shape index (κ3) is 1.16. The van der Waals surface area contributed by atoms with Crippen molar-refractivity contribution in [3.05, 3.63) is 24.0 Å². The first-order chi connectivity index (χ1) is 7.81. The molecule has 0 radical (unpaired) electrons. The molecule has 0 unspecified atom stereocenters. The maximum absolute atomic E-state index is 11.9. The highest BCUT2D eigenvalue weighted by atomic mass is 16.2. The van der Waals surface area contributed by atoms with Crippen LogP contribution in [0.25, 0.3) is 10.9 Å². The number of anilines is 1. The Balaban J connectivity index is 2.33. The van der Waals surface area contributed by atoms with E-state index in [0.717, 1.165) is 23.1 Å². The van der Waals surface area contributed by atoms with Gasteiger partial charge in [0.15, 0.2) is 0 Å². The molecule has 1 amide bonds. The molecule has 16 heavy (non-hydrogen) atoms. The van der Waals surface area contributed by atoms with Gasteiger partial charge in [0.1, 0.15) is 5.82 Å². The standard InChI is InChI=1S/C12H13N3O/c1-2-15-10(16)4-3-8-7-14-9-5-6-13-12(15)11(8)9/h5-7,14H,2-4H2,1H3. The average molecular weight is 215 g/mol. The van der Waals surface area contributed by atoms with E-state index in [1.54, 1.807) is 11.1 Å². The molecule has 4 nitrogen and oxygen atoms in total. The molecular weight excluding hydrogens is 202 g/mol. The zero-order valence-corrected chi connectivity index (χ0v) is 9.16. The van der Waals surface area contributed by atoms with E-state index in [2.05, 4.69) is 9.97 Å². The molecule has 2 aromatic rings. The lowest BCUT2D eigenvalue weighted by molar-refractivity contribution is -0.118. The van der Waals surface area contributed by atoms with Crippen molar-refractivity contribution in [2.24, 2.45) is 0 Å². The van der Waals surface area contributed by atoms with Crippen molar-refractivity contribution in [2.45, 2.75) is 19.8 Å². The summed E-state index contributed by atoms with van der Waals surface area (Å²) in [5.41, 5.74) is 2.26. The van der Waals surface area contributed by atoms with Crippen LogP contribution in [0.5, 0.6) is 0 Å². The molecule has 1 N–H and O–H groups in total. The Morgan fingerprint density at radius 3 is 3.19 bits per heavy atom. The van der Waals surface area contributed by atoms with E-state index in [-0.39, 0.29) is 5.91 Å². The maximum Gasteiger partial charge on any atom is 0.228 e. The van der Waals surface area contributed by atoms with Gasteiger partial charge in [-0.25, -0.2) is 4.98 Å². The molecule has 3 rings (SSSR count). The summed E-state index contributed by atoms with van der Waals surface area (Å²) < 4.78 is 0. The highest BCUT2D eigenvalue weighted by Crippen LogP contribution is 2.31. The third-order valence-electron chi connectivity index (χ3n) is 3.14. The summed E-state index contributed by atoms with van der Waals surface area (Å²) in [6, 6.07) is 1.95. The molecule has 0 spiro atoms. The number of pyridine rings is 1. The van der Waals surface area contributed by atoms with Gasteiger partial charge in [-0.15, -0.1) is 0 Å². The second kappa shape index (κ2) is 3.33. The highest BCUT2D eigenvalue weighted by molar-refractivity contribution is 6.04. The summed E-state index contributed by atoms with van der Waals surface area (Å²) in [6.07, 6.45) is 5.10. The quantitative estimate of drug-likeness (QED) is 0.789. The lowest BCUT2D eigenvalue weighted by Crippen LogP contribution is -2.30. The van der Waals surface area contributed by atoms with Gasteiger partial charge >= 0.3 is 0 Å². The second-order valence-electron chi connectivity index (χ2n) is 4.01. The van der Waals surface area contributed by atoms with Crippen molar-refractivity contribution in [3.63, 3.8) is 0 Å². The fraction of sp³-hybridized carbons (Fsp3) is 0.333. The van der Waals surface area contributed by atoms with Crippen LogP contribution in [0.4, 0.5) is 5.82 Å². The molecule has 0 saturated carbocycles. The topological polar surface area (TPSA) is 49.0 Å². The van der Waals surface area contributed by atoms with Crippen molar-refractivity contribution < 1.29 is 4.79 Å². The van der Waals surface area contributed by atoms with Crippen molar-refractivity contribution in [1.82, 2.24) is 9.97 Å². The van der Waals surface area contributed by atoms with Gasteiger partial charge in [-0.05, 0) is 25.0 Å². The molecular formula is C12H13N3O. The molecule has 0 fully saturated rings. The van der Waals surface area contributed by atoms with E-state index in [4.69, 9.17) is 0 Å². The molecule has 1 aliphatic heterocycles. The minimum absolute atomic E-state index is 0.165. The first-order valence-corrected chi connectivity index (χ1v) is 5.56. The summed E-state index contributed by atoms with van der Waals surface area (Å²) in [4.78, 5) is 21.3. The summed E-state index contributed by atoms with van der Waals surface area (Å²) >= 11 is 0. The molecule has 4 heteroatoms. The normalized spacial score (nSPS) is 15.6. The van der Waals surface area contributed by atoms with E-state index in [9.17, 15) is 4.79 Å². The van der Waals surface area contributed by atoms with E-state index >= 15 is 0 Å². The van der Waals surface area contributed by atoms with Crippen molar-refractivity contribution >= 4 is 22.6 Å². The predicted octanol–water partition coefficient (Wildman–Crippen LogP) is 1.86. The van der Waals surface area contributed by atoms with Crippen molar-refractivity contribution in [1.29, 1.82) is 0 Å². The van der Waals surface area contributed by atoms with Crippen LogP contribution < -0.4 is 4.90 Å². The summed E-state index contributed by atoms with van der Waals surface area (Å²) in [5, 5.41) is 1.11. The highest BCUT2D eigenvalue weighted by Gasteiger charge is 2.23. The van der Waals surface area contributed by atoms with Crippen LogP contribution in [0.15, 0.2) is 18.5 Å². The molecule has 82 valence electrons. The summed E-state index contributed by atoms with van der Waals surface area (Å²) in [7, 11) is 0. The number of nitrogens with zero attached hydrogens (tertiary/aromatic N) is 2. The molecule has 1 aliphatic rings. The number of nitrogens with one attached hydrogen (secondary N) is 1. The molecule has 3 heterocycles. The minimum atomic E-state index is 0.165. The van der Waals surface area contributed by atoms with E-state index in [0.29, 0.717) is 13.0 Å². The first kappa shape index (κ1) is 9.39. The van der Waals surface area contributed by atoms with Crippen LogP contribution in [0.3, 0.4) is 0 Å². The lowest BCUT2D eigenvalue weighted by atomic mass is 10.1. The number of hydrogen-bond donors (Lipinski definition) is 1. The summed E-state index contributed by atoms with van der Waals surface area (Å²) in [5.74, 6) is 0.970. The Kier molecular flexibility index (Phi) is 1.96. The maximum atomic E-state index is 11.9. The fourth-order valence-electron chi connectivity index (χ4n) is 2.35. The number of aromatic amines is 1. The van der Waals surface area contributed by atoms with Crippen molar-refractivity contribution in [2.75, 3.05) is 11.4 Å². The number of aryl methyl sites for hydroxylation is 1. The largest absolute Gasteiger partial charge is 0.361 e. The van der Waals surface area contributed by atoms with Gasteiger partial charge in [-0.3, -0.25) is 9.69 Å². The lowest BCUT2D eigenvalue weighted by Gasteiger charge is -2.18. The number of H-pyrrole nitrogens is 1. The van der Waals surface area contributed by atoms with E-state index in [1.165, 1.54) is 5.56 Å². The van der Waals surface area contributed by atoms with Crippen LogP contribution >= 0.6 is 0 Å². The van der Waals surface area contributed by atoms with Gasteiger partial charge in [0.2, 0.25) is 5.91 Å². The minimum Gasteiger partial charge on any atom is -0.361 e. The predicted molar refractivity (Wildman–Crippen MR) is 62.4 cm³/mol. The number of carbonyl (C=O) groups is 1. The van der Waals surface area contributed by atoms with Gasteiger partial charge < -0.3 is 4.98 Å². The SMILES string of the molecule is CCN1C(=O)CCc2c[nH]c3ccnc1c23. The van der Waals surface area contributed by atoms with Crippen LogP contribution in [-0.2, 0) is 11.2 Å². The first-order valence-electron chi connectivity index (χ1n) is 5.56. The zero-order chi connectivity index (χ0) is 11.1. The van der Waals surface area contributed by atoms with Gasteiger partial charge in [0.05, 0.1) is 5.52 Å². The Labute approximate surface area is 93.3 Å². The number of amides is 1. The summed E-state index contributed by atoms with van der Waals surface area (Å²) in [6.45, 7) is 2.66. The fourth-order valence-corrected chi connectivity index (χ4v) is 2.35.